The van der Waals surface area contributed by atoms with Gasteiger partial charge in [-0.05, 0) is 42.6 Å². The molecular formula is C21H19N3O3S2. The number of rotatable bonds is 4. The highest BCUT2D eigenvalue weighted by atomic mass is 32.2. The van der Waals surface area contributed by atoms with Crippen molar-refractivity contribution < 1.29 is 14.3 Å². The lowest BCUT2D eigenvalue weighted by atomic mass is 9.92. The number of benzene rings is 1. The van der Waals surface area contributed by atoms with Gasteiger partial charge in [-0.2, -0.15) is 5.26 Å². The number of carbonyl (C=O) groups excluding carboxylic acids is 2. The standard InChI is InChI=1S/C21H19N3O3S2/c1-2-27-21(26)14-5-7-15(8-6-14)23-12-24-19(25)10-16(18-4-3-9-28-18)17(11-22)20(24)29-13-23/h3-9,16H,2,10,12-13H2,1H3/t16-/m0/s1. The van der Waals surface area contributed by atoms with Crippen LogP contribution in [0.1, 0.15) is 34.5 Å². The molecule has 0 unspecified atom stereocenters. The molecule has 1 amide bonds. The largest absolute Gasteiger partial charge is 0.462 e. The van der Waals surface area contributed by atoms with E-state index in [1.807, 2.05) is 29.6 Å². The van der Waals surface area contributed by atoms with Gasteiger partial charge < -0.3 is 9.64 Å². The van der Waals surface area contributed by atoms with Gasteiger partial charge in [0.2, 0.25) is 5.91 Å². The predicted octanol–water partition coefficient (Wildman–Crippen LogP) is 4.14. The van der Waals surface area contributed by atoms with E-state index in [0.29, 0.717) is 36.7 Å². The van der Waals surface area contributed by atoms with E-state index >= 15 is 0 Å². The molecule has 1 aromatic carbocycles. The summed E-state index contributed by atoms with van der Waals surface area (Å²) in [6, 6.07) is 13.5. The van der Waals surface area contributed by atoms with Gasteiger partial charge in [0, 0.05) is 22.9 Å². The quantitative estimate of drug-likeness (QED) is 0.686. The number of carbonyl (C=O) groups is 2. The van der Waals surface area contributed by atoms with E-state index in [1.165, 1.54) is 11.8 Å². The molecule has 0 aliphatic carbocycles. The molecule has 2 aromatic rings. The van der Waals surface area contributed by atoms with Crippen LogP contribution in [0, 0.1) is 11.3 Å². The number of thiophene rings is 1. The molecule has 3 heterocycles. The minimum Gasteiger partial charge on any atom is -0.462 e. The second kappa shape index (κ2) is 8.31. The Morgan fingerprint density at radius 3 is 2.76 bits per heavy atom. The lowest BCUT2D eigenvalue weighted by Gasteiger charge is -2.41. The third kappa shape index (κ3) is 3.76. The van der Waals surface area contributed by atoms with Crippen LogP contribution in [0.5, 0.6) is 0 Å². The summed E-state index contributed by atoms with van der Waals surface area (Å²) < 4.78 is 5.02. The zero-order valence-corrected chi connectivity index (χ0v) is 17.5. The third-order valence-electron chi connectivity index (χ3n) is 4.92. The van der Waals surface area contributed by atoms with Gasteiger partial charge in [0.1, 0.15) is 0 Å². The summed E-state index contributed by atoms with van der Waals surface area (Å²) in [4.78, 5) is 29.5. The van der Waals surface area contributed by atoms with E-state index in [-0.39, 0.29) is 17.8 Å². The van der Waals surface area contributed by atoms with E-state index < -0.39 is 0 Å². The molecule has 29 heavy (non-hydrogen) atoms. The van der Waals surface area contributed by atoms with Crippen LogP contribution in [0.4, 0.5) is 5.69 Å². The molecule has 1 atom stereocenters. The van der Waals surface area contributed by atoms with Gasteiger partial charge >= 0.3 is 5.97 Å². The highest BCUT2D eigenvalue weighted by molar-refractivity contribution is 8.03. The number of hydrogen-bond donors (Lipinski definition) is 0. The number of nitrogens with zero attached hydrogens (tertiary/aromatic N) is 3. The SMILES string of the molecule is CCOC(=O)c1ccc(N2CSC3=C(C#N)[C@@H](c4cccs4)CC(=O)N3C2)cc1. The van der Waals surface area contributed by atoms with Crippen LogP contribution < -0.4 is 4.90 Å². The Bertz CT molecular complexity index is 993. The highest BCUT2D eigenvalue weighted by Gasteiger charge is 2.38. The van der Waals surface area contributed by atoms with Crippen molar-refractivity contribution in [2.75, 3.05) is 24.1 Å². The van der Waals surface area contributed by atoms with Gasteiger partial charge in [-0.3, -0.25) is 9.69 Å². The zero-order chi connectivity index (χ0) is 20.4. The fourth-order valence-electron chi connectivity index (χ4n) is 3.48. The summed E-state index contributed by atoms with van der Waals surface area (Å²) in [5, 5.41) is 12.5. The second-order valence-corrected chi connectivity index (χ2v) is 8.56. The minimum absolute atomic E-state index is 0.0257. The lowest BCUT2D eigenvalue weighted by molar-refractivity contribution is -0.129. The number of thioether (sulfide) groups is 1. The maximum absolute atomic E-state index is 12.9. The molecule has 1 fully saturated rings. The molecule has 8 heteroatoms. The third-order valence-corrected chi connectivity index (χ3v) is 7.06. The van der Waals surface area contributed by atoms with Gasteiger partial charge in [-0.1, -0.05) is 17.8 Å². The van der Waals surface area contributed by atoms with Crippen molar-refractivity contribution in [1.29, 1.82) is 5.26 Å². The number of ether oxygens (including phenoxy) is 1. The summed E-state index contributed by atoms with van der Waals surface area (Å²) in [6.07, 6.45) is 0.309. The number of nitriles is 1. The number of amides is 1. The molecule has 6 nitrogen and oxygen atoms in total. The Morgan fingerprint density at radius 2 is 2.10 bits per heavy atom. The Balaban J connectivity index is 1.56. The minimum atomic E-state index is -0.346. The van der Waals surface area contributed by atoms with Gasteiger partial charge in [-0.25, -0.2) is 4.79 Å². The van der Waals surface area contributed by atoms with Gasteiger partial charge in [0.25, 0.3) is 0 Å². The molecule has 0 N–H and O–H groups in total. The van der Waals surface area contributed by atoms with E-state index in [4.69, 9.17) is 4.74 Å². The van der Waals surface area contributed by atoms with Crippen molar-refractivity contribution in [3.63, 3.8) is 0 Å². The number of hydrogen-bond acceptors (Lipinski definition) is 7. The van der Waals surface area contributed by atoms with Crippen LogP contribution in [-0.2, 0) is 9.53 Å². The molecule has 148 valence electrons. The van der Waals surface area contributed by atoms with Crippen molar-refractivity contribution in [3.8, 4) is 6.07 Å². The molecule has 0 saturated carbocycles. The van der Waals surface area contributed by atoms with Crippen molar-refractivity contribution in [2.45, 2.75) is 19.3 Å². The molecule has 0 radical (unpaired) electrons. The highest BCUT2D eigenvalue weighted by Crippen LogP contribution is 2.44. The van der Waals surface area contributed by atoms with E-state index in [0.717, 1.165) is 15.6 Å². The van der Waals surface area contributed by atoms with Gasteiger partial charge in [0.05, 0.1) is 41.4 Å². The fourth-order valence-corrected chi connectivity index (χ4v) is 5.49. The van der Waals surface area contributed by atoms with Crippen molar-refractivity contribution in [1.82, 2.24) is 4.90 Å². The second-order valence-electron chi connectivity index (χ2n) is 6.65. The lowest BCUT2D eigenvalue weighted by Crippen LogP contribution is -2.47. The molecule has 1 aromatic heterocycles. The first kappa shape index (κ1) is 19.6. The molecule has 2 aliphatic rings. The normalized spacial score (nSPS) is 19.0. The molecule has 0 spiro atoms. The van der Waals surface area contributed by atoms with Crippen molar-refractivity contribution in [3.05, 3.63) is 62.8 Å². The monoisotopic (exact) mass is 425 g/mol. The van der Waals surface area contributed by atoms with E-state index in [1.54, 1.807) is 35.3 Å². The zero-order valence-electron chi connectivity index (χ0n) is 15.8. The Kier molecular flexibility index (Phi) is 5.60. The number of anilines is 1. The summed E-state index contributed by atoms with van der Waals surface area (Å²) in [5.74, 6) is 0.154. The van der Waals surface area contributed by atoms with Crippen LogP contribution in [0.2, 0.25) is 0 Å². The molecule has 0 bridgehead atoms. The average molecular weight is 426 g/mol. The number of fused-ring (bicyclic) bond motifs is 1. The maximum atomic E-state index is 12.9. The Morgan fingerprint density at radius 1 is 1.31 bits per heavy atom. The fraction of sp³-hybridized carbons (Fsp3) is 0.286. The Labute approximate surface area is 177 Å². The first-order valence-electron chi connectivity index (χ1n) is 9.25. The van der Waals surface area contributed by atoms with Crippen molar-refractivity contribution in [2.24, 2.45) is 0 Å². The van der Waals surface area contributed by atoms with Crippen LogP contribution in [-0.4, -0.2) is 35.9 Å². The topological polar surface area (TPSA) is 73.6 Å². The molecule has 1 saturated heterocycles. The van der Waals surface area contributed by atoms with Crippen LogP contribution in [0.25, 0.3) is 0 Å². The first-order chi connectivity index (χ1) is 14.1. The van der Waals surface area contributed by atoms with Gasteiger partial charge in [0.15, 0.2) is 0 Å². The number of allylic oxidation sites excluding steroid dienone is 1. The average Bonchev–Trinajstić information content (AvgIpc) is 3.28. The van der Waals surface area contributed by atoms with E-state index in [9.17, 15) is 14.9 Å². The molecular weight excluding hydrogens is 406 g/mol. The summed E-state index contributed by atoms with van der Waals surface area (Å²) in [6.45, 7) is 2.50. The summed E-state index contributed by atoms with van der Waals surface area (Å²) >= 11 is 3.09. The smallest absolute Gasteiger partial charge is 0.338 e. The van der Waals surface area contributed by atoms with Crippen LogP contribution >= 0.6 is 23.1 Å². The van der Waals surface area contributed by atoms with Crippen LogP contribution in [0.15, 0.2) is 52.4 Å². The van der Waals surface area contributed by atoms with E-state index in [2.05, 4.69) is 11.0 Å². The Hall–Kier alpha value is -2.76. The van der Waals surface area contributed by atoms with Gasteiger partial charge in [-0.15, -0.1) is 11.3 Å². The summed E-state index contributed by atoms with van der Waals surface area (Å²) in [5.41, 5.74) is 2.09. The van der Waals surface area contributed by atoms with Crippen LogP contribution in [0.3, 0.4) is 0 Å². The van der Waals surface area contributed by atoms with Crippen molar-refractivity contribution >= 4 is 40.7 Å². The number of esters is 1. The molecule has 4 rings (SSSR count). The summed E-state index contributed by atoms with van der Waals surface area (Å²) in [7, 11) is 0. The predicted molar refractivity (Wildman–Crippen MR) is 113 cm³/mol. The maximum Gasteiger partial charge on any atom is 0.338 e. The molecule has 2 aliphatic heterocycles. The first-order valence-corrected chi connectivity index (χ1v) is 11.1.